The third-order valence-electron chi connectivity index (χ3n) is 2.08. The highest BCUT2D eigenvalue weighted by Crippen LogP contribution is 2.07. The highest BCUT2D eigenvalue weighted by atomic mass is 16.3. The van der Waals surface area contributed by atoms with Crippen molar-refractivity contribution >= 4 is 0 Å². The highest BCUT2D eigenvalue weighted by molar-refractivity contribution is 5.01. The zero-order chi connectivity index (χ0) is 10.8. The Morgan fingerprint density at radius 3 is 2.87 bits per heavy atom. The topological polar surface area (TPSA) is 68.8 Å². The first-order chi connectivity index (χ1) is 7.15. The fourth-order valence-corrected chi connectivity index (χ4v) is 1.30. The van der Waals surface area contributed by atoms with E-state index in [4.69, 9.17) is 0 Å². The molecule has 0 saturated heterocycles. The van der Waals surface area contributed by atoms with Gasteiger partial charge in [0.25, 0.3) is 0 Å². The molecule has 0 bridgehead atoms. The third kappa shape index (κ3) is 2.21. The Morgan fingerprint density at radius 2 is 2.33 bits per heavy atom. The lowest BCUT2D eigenvalue weighted by molar-refractivity contribution is 0.194. The maximum absolute atomic E-state index is 9.27. The van der Waals surface area contributed by atoms with E-state index in [1.807, 2.05) is 19.3 Å². The maximum atomic E-state index is 9.27. The van der Waals surface area contributed by atoms with Crippen LogP contribution in [0.1, 0.15) is 24.4 Å². The van der Waals surface area contributed by atoms with E-state index >= 15 is 0 Å². The third-order valence-corrected chi connectivity index (χ3v) is 2.08. The van der Waals surface area contributed by atoms with Gasteiger partial charge in [0.15, 0.2) is 0 Å². The molecule has 0 aliphatic carbocycles. The summed E-state index contributed by atoms with van der Waals surface area (Å²) >= 11 is 0. The predicted molar refractivity (Wildman–Crippen MR) is 53.0 cm³/mol. The minimum atomic E-state index is -0.581. The van der Waals surface area contributed by atoms with Gasteiger partial charge in [0.05, 0.1) is 24.5 Å². The summed E-state index contributed by atoms with van der Waals surface area (Å²) in [7, 11) is 1.87. The number of hydrogen-bond acceptors (Lipinski definition) is 4. The lowest BCUT2D eigenvalue weighted by Crippen LogP contribution is -2.02. The molecule has 0 amide bonds. The van der Waals surface area contributed by atoms with Crippen molar-refractivity contribution in [3.8, 4) is 0 Å². The molecule has 1 atom stereocenters. The molecule has 1 N–H and O–H groups in total. The van der Waals surface area contributed by atoms with E-state index in [9.17, 15) is 5.11 Å². The molecule has 2 aromatic heterocycles. The maximum Gasteiger partial charge on any atom is 0.111 e. The van der Waals surface area contributed by atoms with Gasteiger partial charge in [0, 0.05) is 13.2 Å². The fraction of sp³-hybridized carbons (Fsp3) is 0.444. The minimum Gasteiger partial charge on any atom is -0.387 e. The van der Waals surface area contributed by atoms with Gasteiger partial charge in [0.2, 0.25) is 0 Å². The largest absolute Gasteiger partial charge is 0.387 e. The van der Waals surface area contributed by atoms with E-state index < -0.39 is 6.10 Å². The van der Waals surface area contributed by atoms with Crippen molar-refractivity contribution in [2.24, 2.45) is 7.05 Å². The first-order valence-electron chi connectivity index (χ1n) is 4.72. The second-order valence-corrected chi connectivity index (χ2v) is 3.50. The Hall–Kier alpha value is -1.69. The Balaban J connectivity index is 2.11. The van der Waals surface area contributed by atoms with Crippen LogP contribution in [0.25, 0.3) is 0 Å². The molecule has 2 aromatic rings. The summed E-state index contributed by atoms with van der Waals surface area (Å²) < 4.78 is 3.40. The van der Waals surface area contributed by atoms with Gasteiger partial charge < -0.3 is 5.11 Å². The number of aliphatic hydroxyl groups is 1. The molecule has 0 saturated carbocycles. The van der Waals surface area contributed by atoms with Crippen LogP contribution in [0.2, 0.25) is 0 Å². The zero-order valence-electron chi connectivity index (χ0n) is 8.70. The second-order valence-electron chi connectivity index (χ2n) is 3.50. The summed E-state index contributed by atoms with van der Waals surface area (Å²) in [6.07, 6.45) is 3.02. The molecule has 0 radical (unpaired) electrons. The van der Waals surface area contributed by atoms with Gasteiger partial charge in [-0.15, -0.1) is 5.10 Å². The molecule has 0 spiro atoms. The van der Waals surface area contributed by atoms with Crippen LogP contribution in [0.5, 0.6) is 0 Å². The van der Waals surface area contributed by atoms with Crippen molar-refractivity contribution in [2.45, 2.75) is 19.6 Å². The number of aliphatic hydroxyl groups excluding tert-OH is 1. The van der Waals surface area contributed by atoms with E-state index in [0.29, 0.717) is 12.2 Å². The van der Waals surface area contributed by atoms with E-state index in [1.165, 1.54) is 0 Å². The highest BCUT2D eigenvalue weighted by Gasteiger charge is 2.07. The van der Waals surface area contributed by atoms with Crippen LogP contribution in [0.3, 0.4) is 0 Å². The van der Waals surface area contributed by atoms with Crippen molar-refractivity contribution in [3.63, 3.8) is 0 Å². The molecule has 6 heteroatoms. The average Bonchev–Trinajstić information content (AvgIpc) is 2.76. The van der Waals surface area contributed by atoms with Crippen LogP contribution in [-0.4, -0.2) is 29.9 Å². The molecular formula is C9H13N5O. The number of rotatable bonds is 3. The normalized spacial score (nSPS) is 13.0. The Labute approximate surface area is 87.1 Å². The fourth-order valence-electron chi connectivity index (χ4n) is 1.30. The Bertz CT molecular complexity index is 445. The van der Waals surface area contributed by atoms with E-state index in [2.05, 4.69) is 15.4 Å². The number of nitrogens with zero attached hydrogens (tertiary/aromatic N) is 5. The minimum absolute atomic E-state index is 0.570. The molecule has 15 heavy (non-hydrogen) atoms. The molecule has 2 heterocycles. The summed E-state index contributed by atoms with van der Waals surface area (Å²) in [6, 6.07) is 1.92. The van der Waals surface area contributed by atoms with Gasteiger partial charge in [0.1, 0.15) is 5.69 Å². The van der Waals surface area contributed by atoms with Crippen LogP contribution >= 0.6 is 0 Å². The average molecular weight is 207 g/mol. The molecule has 0 fully saturated rings. The second kappa shape index (κ2) is 3.82. The van der Waals surface area contributed by atoms with Crippen LogP contribution in [0.4, 0.5) is 0 Å². The number of aryl methyl sites for hydroxylation is 1. The Morgan fingerprint density at radius 1 is 1.53 bits per heavy atom. The van der Waals surface area contributed by atoms with Crippen molar-refractivity contribution in [1.29, 1.82) is 0 Å². The van der Waals surface area contributed by atoms with E-state index in [1.54, 1.807) is 22.5 Å². The van der Waals surface area contributed by atoms with Crippen LogP contribution in [0.15, 0.2) is 18.5 Å². The molecule has 2 rings (SSSR count). The Kier molecular flexibility index (Phi) is 2.51. The van der Waals surface area contributed by atoms with E-state index in [-0.39, 0.29) is 0 Å². The SMILES string of the molecule is CC(O)c1cn(Cc2ccn(C)n2)nn1. The van der Waals surface area contributed by atoms with Gasteiger partial charge in [-0.2, -0.15) is 5.10 Å². The van der Waals surface area contributed by atoms with Crippen molar-refractivity contribution in [2.75, 3.05) is 0 Å². The van der Waals surface area contributed by atoms with Crippen molar-refractivity contribution < 1.29 is 5.11 Å². The summed E-state index contributed by atoms with van der Waals surface area (Å²) in [5.41, 5.74) is 1.49. The van der Waals surface area contributed by atoms with Crippen LogP contribution < -0.4 is 0 Å². The van der Waals surface area contributed by atoms with Crippen molar-refractivity contribution in [1.82, 2.24) is 24.8 Å². The first kappa shape index (κ1) is 9.85. The lowest BCUT2D eigenvalue weighted by Gasteiger charge is -1.96. The number of aromatic nitrogens is 5. The standard InChI is InChI=1S/C9H13N5O/c1-7(15)9-6-14(12-10-9)5-8-3-4-13(2)11-8/h3-4,6-7,15H,5H2,1-2H3. The first-order valence-corrected chi connectivity index (χ1v) is 4.72. The van der Waals surface area contributed by atoms with Gasteiger partial charge in [-0.1, -0.05) is 5.21 Å². The smallest absolute Gasteiger partial charge is 0.111 e. The van der Waals surface area contributed by atoms with Gasteiger partial charge >= 0.3 is 0 Å². The molecule has 0 aromatic carbocycles. The molecule has 0 aliphatic rings. The van der Waals surface area contributed by atoms with Gasteiger partial charge in [-0.05, 0) is 13.0 Å². The summed E-state index contributed by atoms with van der Waals surface area (Å²) in [5, 5.41) is 21.2. The zero-order valence-corrected chi connectivity index (χ0v) is 8.70. The molecule has 80 valence electrons. The quantitative estimate of drug-likeness (QED) is 0.775. The lowest BCUT2D eigenvalue weighted by atomic mass is 10.3. The summed E-state index contributed by atoms with van der Waals surface area (Å²) in [4.78, 5) is 0. The predicted octanol–water partition coefficient (Wildman–Crippen LogP) is 0.113. The van der Waals surface area contributed by atoms with Gasteiger partial charge in [-0.25, -0.2) is 4.68 Å². The monoisotopic (exact) mass is 207 g/mol. The summed E-state index contributed by atoms with van der Waals surface area (Å²) in [5.74, 6) is 0. The molecule has 1 unspecified atom stereocenters. The number of hydrogen-bond donors (Lipinski definition) is 1. The molecule has 6 nitrogen and oxygen atoms in total. The molecular weight excluding hydrogens is 194 g/mol. The summed E-state index contributed by atoms with van der Waals surface area (Å²) in [6.45, 7) is 2.23. The van der Waals surface area contributed by atoms with E-state index in [0.717, 1.165) is 5.69 Å². The van der Waals surface area contributed by atoms with Gasteiger partial charge in [-0.3, -0.25) is 4.68 Å². The van der Waals surface area contributed by atoms with Crippen LogP contribution in [-0.2, 0) is 13.6 Å². The molecule has 0 aliphatic heterocycles. The van der Waals surface area contributed by atoms with Crippen molar-refractivity contribution in [3.05, 3.63) is 29.8 Å². The van der Waals surface area contributed by atoms with Crippen LogP contribution in [0, 0.1) is 0 Å².